The minimum Gasteiger partial charge on any atom is -0.494 e. The predicted octanol–water partition coefficient (Wildman–Crippen LogP) is 3.80. The summed E-state index contributed by atoms with van der Waals surface area (Å²) in [6.45, 7) is 4.87. The van der Waals surface area contributed by atoms with Gasteiger partial charge in [0.15, 0.2) is 0 Å². The molecular weight excluding hydrogens is 262 g/mol. The molecule has 2 N–H and O–H groups in total. The summed E-state index contributed by atoms with van der Waals surface area (Å²) in [6.07, 6.45) is 4.55. The van der Waals surface area contributed by atoms with Crippen molar-refractivity contribution in [2.75, 3.05) is 12.3 Å². The molecule has 4 nitrogen and oxygen atoms in total. The second-order valence-electron chi connectivity index (χ2n) is 5.25. The molecule has 2 rings (SSSR count). The number of nitrogens with zero attached hydrogens (tertiary/aromatic N) is 2. The van der Waals surface area contributed by atoms with E-state index in [9.17, 15) is 0 Å². The van der Waals surface area contributed by atoms with Crippen LogP contribution in [-0.4, -0.2) is 16.4 Å². The maximum absolute atomic E-state index is 6.21. The largest absolute Gasteiger partial charge is 0.494 e. The van der Waals surface area contributed by atoms with E-state index >= 15 is 0 Å². The molecule has 0 saturated heterocycles. The van der Waals surface area contributed by atoms with Gasteiger partial charge in [-0.15, -0.1) is 0 Å². The van der Waals surface area contributed by atoms with E-state index in [1.807, 2.05) is 26.1 Å². The van der Waals surface area contributed by atoms with Crippen LogP contribution in [0.3, 0.4) is 0 Å². The third kappa shape index (κ3) is 3.57. The molecule has 4 heteroatoms. The van der Waals surface area contributed by atoms with Gasteiger partial charge in [-0.1, -0.05) is 31.9 Å². The van der Waals surface area contributed by atoms with Crippen LogP contribution >= 0.6 is 0 Å². The van der Waals surface area contributed by atoms with E-state index < -0.39 is 0 Å². The zero-order valence-corrected chi connectivity index (χ0v) is 13.2. The molecule has 114 valence electrons. The molecule has 0 aliphatic carbocycles. The Bertz CT molecular complexity index is 572. The number of nitrogens with two attached hydrogens (primary N) is 1. The molecule has 0 atom stereocenters. The van der Waals surface area contributed by atoms with E-state index in [1.54, 1.807) is 4.68 Å². The third-order valence-corrected chi connectivity index (χ3v) is 3.64. The Hall–Kier alpha value is -1.97. The first-order valence-electron chi connectivity index (χ1n) is 7.72. The molecule has 0 fully saturated rings. The summed E-state index contributed by atoms with van der Waals surface area (Å²) in [6, 6.07) is 8.09. The molecule has 0 unspecified atom stereocenters. The summed E-state index contributed by atoms with van der Waals surface area (Å²) in [5.41, 5.74) is 9.47. The minimum atomic E-state index is 0.677. The quantitative estimate of drug-likeness (QED) is 0.788. The summed E-state index contributed by atoms with van der Waals surface area (Å²) < 4.78 is 7.26. The van der Waals surface area contributed by atoms with E-state index in [0.29, 0.717) is 6.61 Å². The number of rotatable bonds is 7. The molecule has 0 saturated carbocycles. The zero-order chi connectivity index (χ0) is 15.2. The first kappa shape index (κ1) is 15.4. The fourth-order valence-electron chi connectivity index (χ4n) is 2.51. The number of aryl methyl sites for hydroxylation is 2. The molecule has 0 amide bonds. The average molecular weight is 287 g/mol. The smallest absolute Gasteiger partial charge is 0.129 e. The molecule has 0 radical (unpaired) electrons. The van der Waals surface area contributed by atoms with E-state index in [4.69, 9.17) is 10.5 Å². The number of benzene rings is 1. The molecule has 0 bridgehead atoms. The van der Waals surface area contributed by atoms with Crippen LogP contribution in [0.1, 0.15) is 38.8 Å². The van der Waals surface area contributed by atoms with Gasteiger partial charge in [0, 0.05) is 12.6 Å². The standard InChI is InChI=1S/C17H25N3O/c1-4-6-7-8-15-16(17(18)20(3)19-15)13-9-11-14(12-10-13)21-5-2/h9-12H,4-8,18H2,1-3H3. The van der Waals surface area contributed by atoms with Crippen molar-refractivity contribution in [1.82, 2.24) is 9.78 Å². The average Bonchev–Trinajstić information content (AvgIpc) is 2.76. The summed E-state index contributed by atoms with van der Waals surface area (Å²) in [4.78, 5) is 0. The van der Waals surface area contributed by atoms with Crippen LogP contribution in [0, 0.1) is 0 Å². The van der Waals surface area contributed by atoms with Gasteiger partial charge in [-0.2, -0.15) is 5.10 Å². The van der Waals surface area contributed by atoms with Gasteiger partial charge in [0.25, 0.3) is 0 Å². The topological polar surface area (TPSA) is 53.1 Å². The summed E-state index contributed by atoms with van der Waals surface area (Å²) in [5, 5.41) is 4.58. The Morgan fingerprint density at radius 3 is 2.48 bits per heavy atom. The SMILES string of the molecule is CCCCCc1nn(C)c(N)c1-c1ccc(OCC)cc1. The normalized spacial score (nSPS) is 10.8. The van der Waals surface area contributed by atoms with E-state index in [1.165, 1.54) is 12.8 Å². The number of anilines is 1. The Labute approximate surface area is 126 Å². The molecule has 1 aromatic heterocycles. The van der Waals surface area contributed by atoms with Crippen molar-refractivity contribution >= 4 is 5.82 Å². The van der Waals surface area contributed by atoms with Crippen molar-refractivity contribution in [3.8, 4) is 16.9 Å². The van der Waals surface area contributed by atoms with Crippen LogP contribution in [0.2, 0.25) is 0 Å². The van der Waals surface area contributed by atoms with Crippen molar-refractivity contribution in [2.24, 2.45) is 7.05 Å². The van der Waals surface area contributed by atoms with Crippen LogP contribution in [0.15, 0.2) is 24.3 Å². The first-order chi connectivity index (χ1) is 10.2. The Balaban J connectivity index is 2.28. The van der Waals surface area contributed by atoms with Crippen LogP contribution in [0.25, 0.3) is 11.1 Å². The van der Waals surface area contributed by atoms with Gasteiger partial charge in [0.1, 0.15) is 11.6 Å². The lowest BCUT2D eigenvalue weighted by molar-refractivity contribution is 0.340. The van der Waals surface area contributed by atoms with Gasteiger partial charge in [-0.3, -0.25) is 4.68 Å². The highest BCUT2D eigenvalue weighted by molar-refractivity contribution is 5.77. The second kappa shape index (κ2) is 7.16. The van der Waals surface area contributed by atoms with E-state index in [2.05, 4.69) is 24.2 Å². The number of hydrogen-bond donors (Lipinski definition) is 1. The van der Waals surface area contributed by atoms with E-state index in [0.717, 1.165) is 41.2 Å². The fraction of sp³-hybridized carbons (Fsp3) is 0.471. The zero-order valence-electron chi connectivity index (χ0n) is 13.2. The Morgan fingerprint density at radius 2 is 1.86 bits per heavy atom. The molecule has 2 aromatic rings. The molecule has 1 heterocycles. The van der Waals surface area contributed by atoms with Crippen LogP contribution < -0.4 is 10.5 Å². The van der Waals surface area contributed by atoms with Crippen molar-refractivity contribution in [2.45, 2.75) is 39.5 Å². The summed E-state index contributed by atoms with van der Waals surface area (Å²) in [5.74, 6) is 1.61. The highest BCUT2D eigenvalue weighted by Gasteiger charge is 2.15. The van der Waals surface area contributed by atoms with Gasteiger partial charge in [0.2, 0.25) is 0 Å². The number of hydrogen-bond acceptors (Lipinski definition) is 3. The molecule has 0 aliphatic rings. The Kier molecular flexibility index (Phi) is 5.26. The lowest BCUT2D eigenvalue weighted by Gasteiger charge is -2.07. The van der Waals surface area contributed by atoms with Crippen LogP contribution in [0.4, 0.5) is 5.82 Å². The lowest BCUT2D eigenvalue weighted by atomic mass is 10.0. The number of ether oxygens (including phenoxy) is 1. The maximum Gasteiger partial charge on any atom is 0.129 e. The molecule has 0 spiro atoms. The number of aromatic nitrogens is 2. The van der Waals surface area contributed by atoms with Crippen molar-refractivity contribution in [3.05, 3.63) is 30.0 Å². The molecule has 21 heavy (non-hydrogen) atoms. The van der Waals surface area contributed by atoms with Crippen LogP contribution in [0.5, 0.6) is 5.75 Å². The second-order valence-corrected chi connectivity index (χ2v) is 5.25. The predicted molar refractivity (Wildman–Crippen MR) is 87.5 cm³/mol. The van der Waals surface area contributed by atoms with Gasteiger partial charge in [-0.05, 0) is 37.5 Å². The minimum absolute atomic E-state index is 0.677. The maximum atomic E-state index is 6.21. The first-order valence-corrected chi connectivity index (χ1v) is 7.72. The highest BCUT2D eigenvalue weighted by Crippen LogP contribution is 2.31. The van der Waals surface area contributed by atoms with Crippen LogP contribution in [-0.2, 0) is 13.5 Å². The van der Waals surface area contributed by atoms with Crippen molar-refractivity contribution in [3.63, 3.8) is 0 Å². The molecule has 1 aromatic carbocycles. The molecular formula is C17H25N3O. The highest BCUT2D eigenvalue weighted by atomic mass is 16.5. The lowest BCUT2D eigenvalue weighted by Crippen LogP contribution is -1.98. The van der Waals surface area contributed by atoms with Gasteiger partial charge in [-0.25, -0.2) is 0 Å². The van der Waals surface area contributed by atoms with Crippen molar-refractivity contribution in [1.29, 1.82) is 0 Å². The van der Waals surface area contributed by atoms with E-state index in [-0.39, 0.29) is 0 Å². The number of unbranched alkanes of at least 4 members (excludes halogenated alkanes) is 2. The van der Waals surface area contributed by atoms with Gasteiger partial charge < -0.3 is 10.5 Å². The molecule has 0 aliphatic heterocycles. The fourth-order valence-corrected chi connectivity index (χ4v) is 2.51. The summed E-state index contributed by atoms with van der Waals surface area (Å²) >= 11 is 0. The number of nitrogen functional groups attached to an aromatic ring is 1. The summed E-state index contributed by atoms with van der Waals surface area (Å²) in [7, 11) is 1.90. The monoisotopic (exact) mass is 287 g/mol. The third-order valence-electron chi connectivity index (χ3n) is 3.64. The van der Waals surface area contributed by atoms with Gasteiger partial charge in [0.05, 0.1) is 12.3 Å². The van der Waals surface area contributed by atoms with Gasteiger partial charge >= 0.3 is 0 Å². The van der Waals surface area contributed by atoms with Crippen molar-refractivity contribution < 1.29 is 4.74 Å². The Morgan fingerprint density at radius 1 is 1.14 bits per heavy atom.